The van der Waals surface area contributed by atoms with E-state index in [1.807, 2.05) is 5.38 Å². The molecule has 2 aromatic rings. The van der Waals surface area contributed by atoms with E-state index in [0.29, 0.717) is 30.0 Å². The molecule has 7 heteroatoms. The normalized spacial score (nSPS) is 12.2. The van der Waals surface area contributed by atoms with Crippen LogP contribution in [0.2, 0.25) is 5.15 Å². The van der Waals surface area contributed by atoms with E-state index in [1.54, 1.807) is 24.5 Å². The number of aryl methyl sites for hydroxylation is 1. The highest BCUT2D eigenvalue weighted by Crippen LogP contribution is 2.22. The van der Waals surface area contributed by atoms with Gasteiger partial charge in [0.15, 0.2) is 6.29 Å². The molecular formula is C12H13ClN4OS. The second-order valence-electron chi connectivity index (χ2n) is 4.09. The van der Waals surface area contributed by atoms with Gasteiger partial charge in [-0.3, -0.25) is 4.79 Å². The summed E-state index contributed by atoms with van der Waals surface area (Å²) in [5.41, 5.74) is 0.290. The Hall–Kier alpha value is -1.53. The number of nitrogens with zero attached hydrogens (tertiary/aromatic N) is 3. The predicted octanol–water partition coefficient (Wildman–Crippen LogP) is 2.92. The fraction of sp³-hybridized carbons (Fsp3) is 0.333. The molecule has 100 valence electrons. The van der Waals surface area contributed by atoms with E-state index in [9.17, 15) is 4.79 Å². The number of halogens is 1. The highest BCUT2D eigenvalue weighted by Gasteiger charge is 2.13. The molecule has 19 heavy (non-hydrogen) atoms. The van der Waals surface area contributed by atoms with Crippen LogP contribution in [-0.4, -0.2) is 27.8 Å². The lowest BCUT2D eigenvalue weighted by atomic mass is 10.2. The van der Waals surface area contributed by atoms with Crippen molar-refractivity contribution in [3.05, 3.63) is 33.1 Å². The number of nitrogens with one attached hydrogen (secondary N) is 1. The zero-order chi connectivity index (χ0) is 13.8. The molecule has 5 nitrogen and oxygen atoms in total. The largest absolute Gasteiger partial charge is 0.369 e. The van der Waals surface area contributed by atoms with Crippen LogP contribution in [0.1, 0.15) is 34.0 Å². The fourth-order valence-electron chi connectivity index (χ4n) is 1.60. The van der Waals surface area contributed by atoms with Gasteiger partial charge in [0, 0.05) is 24.0 Å². The average Bonchev–Trinajstić information content (AvgIpc) is 2.89. The van der Waals surface area contributed by atoms with Crippen molar-refractivity contribution in [3.63, 3.8) is 0 Å². The maximum atomic E-state index is 11.0. The number of aromatic nitrogens is 3. The van der Waals surface area contributed by atoms with Crippen LogP contribution in [-0.2, 0) is 0 Å². The first-order chi connectivity index (χ1) is 9.11. The number of anilines is 1. The molecule has 2 heterocycles. The number of carbonyl (C=O) groups is 1. The van der Waals surface area contributed by atoms with Crippen molar-refractivity contribution in [2.24, 2.45) is 0 Å². The van der Waals surface area contributed by atoms with Gasteiger partial charge in [-0.2, -0.15) is 0 Å². The molecule has 1 N–H and O–H groups in total. The van der Waals surface area contributed by atoms with E-state index in [4.69, 9.17) is 11.6 Å². The molecule has 0 bridgehead atoms. The van der Waals surface area contributed by atoms with Gasteiger partial charge in [-0.05, 0) is 6.92 Å². The molecule has 0 spiro atoms. The zero-order valence-electron chi connectivity index (χ0n) is 10.6. The van der Waals surface area contributed by atoms with Crippen molar-refractivity contribution in [1.29, 1.82) is 0 Å². The Morgan fingerprint density at radius 1 is 1.53 bits per heavy atom. The summed E-state index contributed by atoms with van der Waals surface area (Å²) in [7, 11) is 0. The van der Waals surface area contributed by atoms with Gasteiger partial charge in [-0.25, -0.2) is 15.0 Å². The van der Waals surface area contributed by atoms with Crippen LogP contribution in [0.25, 0.3) is 0 Å². The van der Waals surface area contributed by atoms with Crippen LogP contribution < -0.4 is 5.32 Å². The van der Waals surface area contributed by atoms with Crippen LogP contribution in [0.5, 0.6) is 0 Å². The minimum Gasteiger partial charge on any atom is -0.369 e. The number of carbonyl (C=O) groups excluding carboxylic acids is 1. The monoisotopic (exact) mass is 296 g/mol. The van der Waals surface area contributed by atoms with Gasteiger partial charge < -0.3 is 5.32 Å². The fourth-order valence-corrected chi connectivity index (χ4v) is 2.56. The highest BCUT2D eigenvalue weighted by molar-refractivity contribution is 7.09. The molecule has 2 aromatic heterocycles. The minimum absolute atomic E-state index is 0.173. The van der Waals surface area contributed by atoms with E-state index in [-0.39, 0.29) is 11.1 Å². The van der Waals surface area contributed by atoms with E-state index in [0.717, 1.165) is 5.01 Å². The van der Waals surface area contributed by atoms with Crippen LogP contribution in [0.15, 0.2) is 11.6 Å². The van der Waals surface area contributed by atoms with Crippen molar-refractivity contribution in [2.75, 3.05) is 11.9 Å². The molecule has 2 rings (SSSR count). The van der Waals surface area contributed by atoms with Gasteiger partial charge in [0.1, 0.15) is 16.8 Å². The highest BCUT2D eigenvalue weighted by atomic mass is 35.5. The number of aldehydes is 1. The Bertz CT molecular complexity index is 573. The van der Waals surface area contributed by atoms with Crippen LogP contribution in [0, 0.1) is 6.92 Å². The molecule has 0 amide bonds. The van der Waals surface area contributed by atoms with E-state index in [1.165, 1.54) is 0 Å². The van der Waals surface area contributed by atoms with Crippen molar-refractivity contribution < 1.29 is 4.79 Å². The summed E-state index contributed by atoms with van der Waals surface area (Å²) >= 11 is 7.52. The minimum atomic E-state index is 0.173. The standard InChI is InChI=1S/C12H13ClN4OS/c1-7(12-14-3-4-19-12)5-15-11-9(6-18)10(13)16-8(2)17-11/h3-4,6-7H,5H2,1-2H3,(H,15,16,17). The molecule has 0 aliphatic carbocycles. The van der Waals surface area contributed by atoms with Gasteiger partial charge in [-0.1, -0.05) is 18.5 Å². The van der Waals surface area contributed by atoms with Gasteiger partial charge in [0.05, 0.1) is 10.6 Å². The Morgan fingerprint density at radius 2 is 2.32 bits per heavy atom. The topological polar surface area (TPSA) is 67.8 Å². The summed E-state index contributed by atoms with van der Waals surface area (Å²) in [4.78, 5) is 23.4. The number of hydrogen-bond acceptors (Lipinski definition) is 6. The Balaban J connectivity index is 2.13. The smallest absolute Gasteiger partial charge is 0.156 e. The van der Waals surface area contributed by atoms with Crippen LogP contribution >= 0.6 is 22.9 Å². The third-order valence-electron chi connectivity index (χ3n) is 2.58. The average molecular weight is 297 g/mol. The molecular weight excluding hydrogens is 284 g/mol. The quantitative estimate of drug-likeness (QED) is 0.679. The molecule has 0 radical (unpaired) electrons. The second-order valence-corrected chi connectivity index (χ2v) is 5.38. The van der Waals surface area contributed by atoms with Gasteiger partial charge >= 0.3 is 0 Å². The maximum Gasteiger partial charge on any atom is 0.156 e. The van der Waals surface area contributed by atoms with Gasteiger partial charge in [0.25, 0.3) is 0 Å². The SMILES string of the molecule is Cc1nc(Cl)c(C=O)c(NCC(C)c2nccs2)n1. The van der Waals surface area contributed by atoms with Gasteiger partial charge in [0.2, 0.25) is 0 Å². The summed E-state index contributed by atoms with van der Waals surface area (Å²) in [6, 6.07) is 0. The molecule has 0 saturated carbocycles. The van der Waals surface area contributed by atoms with E-state index in [2.05, 4.69) is 27.2 Å². The number of rotatable bonds is 5. The molecule has 0 aliphatic rings. The van der Waals surface area contributed by atoms with Crippen molar-refractivity contribution >= 4 is 35.0 Å². The van der Waals surface area contributed by atoms with Gasteiger partial charge in [-0.15, -0.1) is 11.3 Å². The van der Waals surface area contributed by atoms with Crippen LogP contribution in [0.4, 0.5) is 5.82 Å². The Labute approximate surface area is 120 Å². The Kier molecular flexibility index (Phi) is 4.44. The molecule has 1 atom stereocenters. The lowest BCUT2D eigenvalue weighted by Crippen LogP contribution is -2.13. The van der Waals surface area contributed by atoms with Crippen molar-refractivity contribution in [1.82, 2.24) is 15.0 Å². The first kappa shape index (κ1) is 13.9. The summed E-state index contributed by atoms with van der Waals surface area (Å²) in [6.45, 7) is 4.42. The summed E-state index contributed by atoms with van der Waals surface area (Å²) < 4.78 is 0. The van der Waals surface area contributed by atoms with Crippen LogP contribution in [0.3, 0.4) is 0 Å². The third kappa shape index (κ3) is 3.27. The first-order valence-electron chi connectivity index (χ1n) is 5.74. The zero-order valence-corrected chi connectivity index (χ0v) is 12.1. The Morgan fingerprint density at radius 3 is 2.95 bits per heavy atom. The van der Waals surface area contributed by atoms with E-state index >= 15 is 0 Å². The summed E-state index contributed by atoms with van der Waals surface area (Å²) in [6.07, 6.45) is 2.44. The second kappa shape index (κ2) is 6.08. The van der Waals surface area contributed by atoms with Crippen molar-refractivity contribution in [2.45, 2.75) is 19.8 Å². The third-order valence-corrected chi connectivity index (χ3v) is 3.87. The number of thiazole rings is 1. The molecule has 0 fully saturated rings. The lowest BCUT2D eigenvalue weighted by molar-refractivity contribution is 0.112. The molecule has 0 saturated heterocycles. The van der Waals surface area contributed by atoms with E-state index < -0.39 is 0 Å². The maximum absolute atomic E-state index is 11.0. The summed E-state index contributed by atoms with van der Waals surface area (Å²) in [5, 5.41) is 6.28. The molecule has 0 aliphatic heterocycles. The predicted molar refractivity (Wildman–Crippen MR) is 76.2 cm³/mol. The van der Waals surface area contributed by atoms with Crippen molar-refractivity contribution in [3.8, 4) is 0 Å². The number of hydrogen-bond donors (Lipinski definition) is 1. The summed E-state index contributed by atoms with van der Waals surface area (Å²) in [5.74, 6) is 1.23. The first-order valence-corrected chi connectivity index (χ1v) is 7.00. The lowest BCUT2D eigenvalue weighted by Gasteiger charge is -2.12. The molecule has 0 aromatic carbocycles. The molecule has 1 unspecified atom stereocenters.